The summed E-state index contributed by atoms with van der Waals surface area (Å²) in [6.45, 7) is 12.5. The molecule has 9 heteroatoms. The van der Waals surface area contributed by atoms with Gasteiger partial charge < -0.3 is 26.6 Å². The number of phenols is 2. The van der Waals surface area contributed by atoms with Gasteiger partial charge in [-0.15, -0.1) is 0 Å². The summed E-state index contributed by atoms with van der Waals surface area (Å²) in [5.74, 6) is 2.29. The molecule has 0 aromatic heterocycles. The molecule has 0 heterocycles. The molecule has 5 unspecified atom stereocenters. The Morgan fingerprint density at radius 1 is 0.792 bits per heavy atom. The van der Waals surface area contributed by atoms with Crippen LogP contribution >= 0.6 is 23.2 Å². The van der Waals surface area contributed by atoms with Crippen LogP contribution in [-0.4, -0.2) is 32.4 Å². The van der Waals surface area contributed by atoms with Gasteiger partial charge in [0.1, 0.15) is 22.6 Å². The van der Waals surface area contributed by atoms with Crippen LogP contribution in [0.4, 0.5) is 0 Å². The molecule has 7 N–H and O–H groups in total. The van der Waals surface area contributed by atoms with Gasteiger partial charge in [-0.25, -0.2) is 9.59 Å². The topological polar surface area (TPSA) is 150 Å². The summed E-state index contributed by atoms with van der Waals surface area (Å²) in [5, 5.41) is 40.1. The molecule has 9 atom stereocenters. The second kappa shape index (κ2) is 16.2. The Balaban J connectivity index is 0.00000541. The highest BCUT2D eigenvalue weighted by atomic mass is 35.5. The van der Waals surface area contributed by atoms with Crippen LogP contribution in [0.25, 0.3) is 5.57 Å². The first-order valence-electron chi connectivity index (χ1n) is 19.8. The Labute approximate surface area is 326 Å². The van der Waals surface area contributed by atoms with E-state index in [2.05, 4.69) is 34.6 Å². The molecule has 53 heavy (non-hydrogen) atoms. The van der Waals surface area contributed by atoms with Crippen molar-refractivity contribution < 1.29 is 30.0 Å². The Kier molecular flexibility index (Phi) is 12.6. The number of carboxylic acid groups (broad SMARTS) is 2. The molecule has 0 aliphatic heterocycles. The Hall–Kier alpha value is -2.74. The highest BCUT2D eigenvalue weighted by Crippen LogP contribution is 2.69. The minimum atomic E-state index is -1.33. The van der Waals surface area contributed by atoms with Gasteiger partial charge in [-0.05, 0) is 163 Å². The van der Waals surface area contributed by atoms with Crippen molar-refractivity contribution in [3.05, 3.63) is 62.6 Å². The van der Waals surface area contributed by atoms with Crippen molar-refractivity contribution in [2.45, 2.75) is 118 Å². The average Bonchev–Trinajstić information content (AvgIpc) is 3.44. The van der Waals surface area contributed by atoms with Crippen molar-refractivity contribution in [1.82, 2.24) is 6.15 Å². The Bertz CT molecular complexity index is 1650. The predicted molar refractivity (Wildman–Crippen MR) is 213 cm³/mol. The molecule has 4 fully saturated rings. The standard InChI is InChI=1S/C44H58Cl2O6.H3N/c1-24(2)7-6-8-25(3)34-13-14-35-31-12-10-29-19-26(15-17-43(29,4)36(31)16-18-44(34,35)5)9-11-30(27-20-32(41(49)50)39(47)37(45)22-27)28-21-33(42(51)52)40(48)38(46)23-28;/h11,20-26,29,31,34-36,47-48H,6-10,12-19H2,1-5H3,(H,49,50)(H,51,52);1H3/t25?,26-,29?,31-,34?,35?,36?,43-,44+;/m0./s1. The quantitative estimate of drug-likeness (QED) is 0.153. The van der Waals surface area contributed by atoms with Gasteiger partial charge in [-0.3, -0.25) is 0 Å². The SMILES string of the molecule is CC(C)CCCC(C)C1CCC2[C@@H]3CCC4C[C@@H](CC=C(c5cc(Cl)c(O)c(C(=O)O)c5)c5cc(Cl)c(O)c(C(=O)O)c5)CC[C@]4(C)C3CC[C@]12C.N. The van der Waals surface area contributed by atoms with Crippen molar-refractivity contribution in [2.24, 2.45) is 58.2 Å². The highest BCUT2D eigenvalue weighted by Gasteiger charge is 2.60. The first-order valence-corrected chi connectivity index (χ1v) is 20.5. The molecule has 0 bridgehead atoms. The summed E-state index contributed by atoms with van der Waals surface area (Å²) in [6.07, 6.45) is 18.4. The molecule has 4 aliphatic rings. The summed E-state index contributed by atoms with van der Waals surface area (Å²) in [6, 6.07) is 5.69. The molecular weight excluding hydrogens is 709 g/mol. The number of hydrogen-bond acceptors (Lipinski definition) is 5. The molecule has 2 aromatic carbocycles. The Morgan fingerprint density at radius 2 is 1.36 bits per heavy atom. The molecular formula is C44H61Cl2NO6. The largest absolute Gasteiger partial charge is 0.505 e. The number of aromatic hydroxyl groups is 2. The minimum absolute atomic E-state index is 0. The highest BCUT2D eigenvalue weighted by molar-refractivity contribution is 6.33. The van der Waals surface area contributed by atoms with Crippen molar-refractivity contribution in [1.29, 1.82) is 0 Å². The van der Waals surface area contributed by atoms with Crippen LogP contribution in [0.15, 0.2) is 30.3 Å². The number of allylic oxidation sites excluding steroid dienone is 1. The van der Waals surface area contributed by atoms with Crippen LogP contribution in [0, 0.1) is 58.2 Å². The van der Waals surface area contributed by atoms with Gasteiger partial charge in [-0.2, -0.15) is 0 Å². The molecule has 6 rings (SSSR count). The van der Waals surface area contributed by atoms with Gasteiger partial charge in [0.05, 0.1) is 10.0 Å². The molecule has 7 nitrogen and oxygen atoms in total. The van der Waals surface area contributed by atoms with E-state index in [1.807, 2.05) is 6.08 Å². The molecule has 0 spiro atoms. The lowest BCUT2D eigenvalue weighted by molar-refractivity contribution is -0.121. The summed E-state index contributed by atoms with van der Waals surface area (Å²) >= 11 is 12.6. The van der Waals surface area contributed by atoms with E-state index in [0.717, 1.165) is 54.8 Å². The van der Waals surface area contributed by atoms with E-state index in [9.17, 15) is 30.0 Å². The van der Waals surface area contributed by atoms with E-state index in [-0.39, 0.29) is 27.3 Å². The second-order valence-electron chi connectivity index (χ2n) is 18.0. The number of carboxylic acids is 2. The van der Waals surface area contributed by atoms with Gasteiger partial charge in [-0.1, -0.05) is 83.2 Å². The number of fused-ring (bicyclic) bond motifs is 5. The monoisotopic (exact) mass is 769 g/mol. The maximum atomic E-state index is 12.0. The lowest BCUT2D eigenvalue weighted by Crippen LogP contribution is -2.53. The van der Waals surface area contributed by atoms with Crippen molar-refractivity contribution in [2.75, 3.05) is 0 Å². The van der Waals surface area contributed by atoms with Gasteiger partial charge in [0.15, 0.2) is 0 Å². The van der Waals surface area contributed by atoms with Crippen molar-refractivity contribution in [3.8, 4) is 11.5 Å². The van der Waals surface area contributed by atoms with Gasteiger partial charge in [0.25, 0.3) is 0 Å². The normalized spacial score (nSPS) is 31.1. The molecule has 0 radical (unpaired) electrons. The van der Waals surface area contributed by atoms with Crippen LogP contribution in [0.1, 0.15) is 150 Å². The van der Waals surface area contributed by atoms with Gasteiger partial charge in [0, 0.05) is 0 Å². The fourth-order valence-electron chi connectivity index (χ4n) is 12.1. The summed E-state index contributed by atoms with van der Waals surface area (Å²) < 4.78 is 0. The molecule has 4 aliphatic carbocycles. The van der Waals surface area contributed by atoms with Crippen LogP contribution in [0.3, 0.4) is 0 Å². The average molecular weight is 771 g/mol. The zero-order valence-corrected chi connectivity index (χ0v) is 33.8. The van der Waals surface area contributed by atoms with Crippen molar-refractivity contribution in [3.63, 3.8) is 0 Å². The van der Waals surface area contributed by atoms with E-state index >= 15 is 0 Å². The Morgan fingerprint density at radius 3 is 1.92 bits per heavy atom. The zero-order chi connectivity index (χ0) is 37.7. The number of halogens is 2. The number of carbonyl (C=O) groups is 2. The van der Waals surface area contributed by atoms with Crippen LogP contribution < -0.4 is 6.15 Å². The minimum Gasteiger partial charge on any atom is -0.505 e. The summed E-state index contributed by atoms with van der Waals surface area (Å²) in [5.41, 5.74) is 1.54. The van der Waals surface area contributed by atoms with E-state index in [1.165, 1.54) is 88.5 Å². The number of rotatable bonds is 11. The third-order valence-electron chi connectivity index (χ3n) is 14.8. The summed E-state index contributed by atoms with van der Waals surface area (Å²) in [4.78, 5) is 24.0. The maximum absolute atomic E-state index is 12.0. The van der Waals surface area contributed by atoms with E-state index in [1.54, 1.807) is 0 Å². The smallest absolute Gasteiger partial charge is 0.339 e. The maximum Gasteiger partial charge on any atom is 0.339 e. The third kappa shape index (κ3) is 7.87. The predicted octanol–water partition coefficient (Wildman–Crippen LogP) is 12.5. The zero-order valence-electron chi connectivity index (χ0n) is 32.3. The lowest BCUT2D eigenvalue weighted by atomic mass is 9.44. The number of benzene rings is 2. The molecule has 0 amide bonds. The number of aromatic carboxylic acids is 2. The third-order valence-corrected chi connectivity index (χ3v) is 15.4. The fourth-order valence-corrected chi connectivity index (χ4v) is 12.5. The molecule has 292 valence electrons. The molecule has 2 aromatic rings. The molecule has 4 saturated carbocycles. The first-order chi connectivity index (χ1) is 24.5. The van der Waals surface area contributed by atoms with Crippen molar-refractivity contribution >= 4 is 40.7 Å². The van der Waals surface area contributed by atoms with Crippen LogP contribution in [0.5, 0.6) is 11.5 Å². The van der Waals surface area contributed by atoms with E-state index < -0.39 is 23.4 Å². The fraction of sp³-hybridized carbons (Fsp3) is 0.636. The summed E-state index contributed by atoms with van der Waals surface area (Å²) in [7, 11) is 0. The lowest BCUT2D eigenvalue weighted by Gasteiger charge is -2.61. The van der Waals surface area contributed by atoms with E-state index in [0.29, 0.717) is 39.4 Å². The van der Waals surface area contributed by atoms with Gasteiger partial charge in [0.2, 0.25) is 0 Å². The van der Waals surface area contributed by atoms with Gasteiger partial charge >= 0.3 is 11.9 Å². The van der Waals surface area contributed by atoms with E-state index in [4.69, 9.17) is 23.2 Å². The van der Waals surface area contributed by atoms with Crippen LogP contribution in [-0.2, 0) is 0 Å². The number of hydrogen-bond donors (Lipinski definition) is 5. The van der Waals surface area contributed by atoms with Crippen LogP contribution in [0.2, 0.25) is 10.0 Å². The second-order valence-corrected chi connectivity index (χ2v) is 18.8. The molecule has 0 saturated heterocycles. The first kappa shape index (κ1) is 41.4.